The van der Waals surface area contributed by atoms with Crippen LogP contribution in [-0.4, -0.2) is 35.0 Å². The van der Waals surface area contributed by atoms with Crippen molar-refractivity contribution < 1.29 is 19.1 Å². The van der Waals surface area contributed by atoms with Crippen molar-refractivity contribution in [2.24, 2.45) is 11.3 Å². The Kier molecular flexibility index (Phi) is 3.95. The van der Waals surface area contributed by atoms with Gasteiger partial charge in [-0.1, -0.05) is 13.8 Å². The smallest absolute Gasteiger partial charge is 0.311 e. The normalized spacial score (nSPS) is 22.6. The van der Waals surface area contributed by atoms with Crippen LogP contribution in [0.4, 0.5) is 0 Å². The molecule has 0 bridgehead atoms. The predicted molar refractivity (Wildman–Crippen MR) is 76.6 cm³/mol. The molecule has 0 aliphatic carbocycles. The second-order valence-corrected chi connectivity index (χ2v) is 6.44. The molecular formula is C14H18BrNO4. The fraction of sp³-hybridized carbons (Fsp3) is 0.571. The molecular weight excluding hydrogens is 326 g/mol. The van der Waals surface area contributed by atoms with Gasteiger partial charge in [0.2, 0.25) is 0 Å². The van der Waals surface area contributed by atoms with Crippen LogP contribution in [0.2, 0.25) is 0 Å². The number of likely N-dealkylation sites (tertiary alicyclic amines) is 1. The molecule has 2 rings (SSSR count). The summed E-state index contributed by atoms with van der Waals surface area (Å²) in [6.45, 7) is 6.25. The molecule has 0 spiro atoms. The van der Waals surface area contributed by atoms with Crippen LogP contribution in [0.1, 0.15) is 36.4 Å². The van der Waals surface area contributed by atoms with Gasteiger partial charge in [-0.25, -0.2) is 0 Å². The Morgan fingerprint density at radius 3 is 2.55 bits per heavy atom. The van der Waals surface area contributed by atoms with E-state index in [1.54, 1.807) is 17.9 Å². The van der Waals surface area contributed by atoms with Gasteiger partial charge in [0.25, 0.3) is 5.91 Å². The topological polar surface area (TPSA) is 70.8 Å². The van der Waals surface area contributed by atoms with E-state index >= 15 is 0 Å². The third-order valence-corrected chi connectivity index (χ3v) is 4.59. The van der Waals surface area contributed by atoms with Gasteiger partial charge in [0.1, 0.15) is 0 Å². The highest BCUT2D eigenvalue weighted by atomic mass is 79.9. The number of nitrogens with zero attached hydrogens (tertiary/aromatic N) is 1. The Morgan fingerprint density at radius 2 is 2.15 bits per heavy atom. The highest BCUT2D eigenvalue weighted by molar-refractivity contribution is 9.10. The van der Waals surface area contributed by atoms with Crippen molar-refractivity contribution in [1.82, 2.24) is 4.90 Å². The number of furan rings is 1. The Morgan fingerprint density at radius 1 is 1.50 bits per heavy atom. The minimum absolute atomic E-state index is 0.0257. The van der Waals surface area contributed by atoms with Gasteiger partial charge in [0, 0.05) is 18.7 Å². The van der Waals surface area contributed by atoms with Crippen LogP contribution in [-0.2, 0) is 4.79 Å². The first-order valence-corrected chi connectivity index (χ1v) is 7.36. The molecule has 1 unspecified atom stereocenters. The highest BCUT2D eigenvalue weighted by Crippen LogP contribution is 2.39. The maximum absolute atomic E-state index is 12.4. The summed E-state index contributed by atoms with van der Waals surface area (Å²) < 4.78 is 5.86. The van der Waals surface area contributed by atoms with Gasteiger partial charge in [0.15, 0.2) is 10.4 Å². The first-order valence-electron chi connectivity index (χ1n) is 6.56. The van der Waals surface area contributed by atoms with Crippen molar-refractivity contribution in [2.45, 2.75) is 27.2 Å². The number of carbonyl (C=O) groups excluding carboxylic acids is 1. The summed E-state index contributed by atoms with van der Waals surface area (Å²) in [7, 11) is 0. The van der Waals surface area contributed by atoms with Gasteiger partial charge in [-0.15, -0.1) is 0 Å². The van der Waals surface area contributed by atoms with Crippen LogP contribution in [0, 0.1) is 18.3 Å². The maximum Gasteiger partial charge on any atom is 0.311 e. The molecule has 6 heteroatoms. The molecule has 1 aliphatic heterocycles. The van der Waals surface area contributed by atoms with E-state index in [1.165, 1.54) is 0 Å². The van der Waals surface area contributed by atoms with Crippen molar-refractivity contribution in [2.75, 3.05) is 13.1 Å². The van der Waals surface area contributed by atoms with E-state index in [9.17, 15) is 14.7 Å². The van der Waals surface area contributed by atoms with Crippen LogP contribution < -0.4 is 0 Å². The van der Waals surface area contributed by atoms with E-state index in [2.05, 4.69) is 15.9 Å². The summed E-state index contributed by atoms with van der Waals surface area (Å²) in [5.74, 6) is -0.818. The molecule has 0 saturated carbocycles. The number of carbonyl (C=O) groups is 2. The Hall–Kier alpha value is -1.30. The van der Waals surface area contributed by atoms with Gasteiger partial charge in [-0.2, -0.15) is 0 Å². The summed E-state index contributed by atoms with van der Waals surface area (Å²) in [6.07, 6.45) is 0.479. The van der Waals surface area contributed by atoms with Gasteiger partial charge >= 0.3 is 5.97 Å². The van der Waals surface area contributed by atoms with Gasteiger partial charge in [-0.05, 0) is 41.3 Å². The molecule has 0 radical (unpaired) electrons. The summed E-state index contributed by atoms with van der Waals surface area (Å²) in [4.78, 5) is 25.6. The SMILES string of the molecule is Cc1cc(Br)oc1C(=O)N1CCC(C(=O)O)(C(C)C)C1. The largest absolute Gasteiger partial charge is 0.481 e. The Balaban J connectivity index is 2.23. The van der Waals surface area contributed by atoms with E-state index in [1.807, 2.05) is 13.8 Å². The summed E-state index contributed by atoms with van der Waals surface area (Å²) in [5.41, 5.74) is -0.104. The first-order chi connectivity index (χ1) is 9.28. The van der Waals surface area contributed by atoms with Crippen LogP contribution in [0.25, 0.3) is 0 Å². The lowest BCUT2D eigenvalue weighted by atomic mass is 9.76. The average Bonchev–Trinajstić information content (AvgIpc) is 2.93. The second-order valence-electron chi connectivity index (χ2n) is 5.66. The summed E-state index contributed by atoms with van der Waals surface area (Å²) in [5, 5.41) is 9.49. The van der Waals surface area contributed by atoms with Crippen molar-refractivity contribution in [1.29, 1.82) is 0 Å². The predicted octanol–water partition coefficient (Wildman–Crippen LogP) is 2.92. The van der Waals surface area contributed by atoms with E-state index < -0.39 is 11.4 Å². The van der Waals surface area contributed by atoms with E-state index in [0.717, 1.165) is 5.56 Å². The number of hydrogen-bond donors (Lipinski definition) is 1. The lowest BCUT2D eigenvalue weighted by Gasteiger charge is -2.28. The molecule has 110 valence electrons. The third kappa shape index (κ3) is 2.37. The molecule has 1 saturated heterocycles. The molecule has 5 nitrogen and oxygen atoms in total. The zero-order valence-corrected chi connectivity index (χ0v) is 13.4. The number of amides is 1. The fourth-order valence-electron chi connectivity index (χ4n) is 2.70. The lowest BCUT2D eigenvalue weighted by Crippen LogP contribution is -2.40. The minimum atomic E-state index is -0.854. The third-order valence-electron chi connectivity index (χ3n) is 4.20. The maximum atomic E-state index is 12.4. The molecule has 1 aromatic heterocycles. The number of halogens is 1. The molecule has 20 heavy (non-hydrogen) atoms. The number of aryl methyl sites for hydroxylation is 1. The number of hydrogen-bond acceptors (Lipinski definition) is 3. The molecule has 1 fully saturated rings. The number of rotatable bonds is 3. The van der Waals surface area contributed by atoms with Crippen molar-refractivity contribution in [3.63, 3.8) is 0 Å². The summed E-state index contributed by atoms with van der Waals surface area (Å²) >= 11 is 3.20. The lowest BCUT2D eigenvalue weighted by molar-refractivity contribution is -0.150. The van der Waals surface area contributed by atoms with Crippen LogP contribution in [0.3, 0.4) is 0 Å². The van der Waals surface area contributed by atoms with Gasteiger partial charge in [0.05, 0.1) is 5.41 Å². The monoisotopic (exact) mass is 343 g/mol. The van der Waals surface area contributed by atoms with Crippen LogP contribution >= 0.6 is 15.9 Å². The summed E-state index contributed by atoms with van der Waals surface area (Å²) in [6, 6.07) is 1.73. The van der Waals surface area contributed by atoms with Crippen molar-refractivity contribution >= 4 is 27.8 Å². The van der Waals surface area contributed by atoms with E-state index in [-0.39, 0.29) is 24.1 Å². The number of carboxylic acids is 1. The van der Waals surface area contributed by atoms with Gasteiger partial charge < -0.3 is 14.4 Å². The average molecular weight is 344 g/mol. The zero-order valence-electron chi connectivity index (χ0n) is 11.8. The molecule has 0 aromatic carbocycles. The molecule has 1 amide bonds. The van der Waals surface area contributed by atoms with Crippen molar-refractivity contribution in [3.05, 3.63) is 22.1 Å². The first kappa shape index (κ1) is 15.1. The number of carboxylic acid groups (broad SMARTS) is 1. The van der Waals surface area contributed by atoms with Gasteiger partial charge in [-0.3, -0.25) is 9.59 Å². The van der Waals surface area contributed by atoms with E-state index in [4.69, 9.17) is 4.42 Å². The number of aliphatic carboxylic acids is 1. The van der Waals surface area contributed by atoms with E-state index in [0.29, 0.717) is 17.6 Å². The van der Waals surface area contributed by atoms with Crippen LogP contribution in [0.5, 0.6) is 0 Å². The van der Waals surface area contributed by atoms with Crippen LogP contribution in [0.15, 0.2) is 15.2 Å². The zero-order chi connectivity index (χ0) is 15.1. The minimum Gasteiger partial charge on any atom is -0.481 e. The quantitative estimate of drug-likeness (QED) is 0.915. The second kappa shape index (κ2) is 5.24. The molecule has 1 N–H and O–H groups in total. The molecule has 1 aliphatic rings. The molecule has 1 aromatic rings. The Labute approximate surface area is 126 Å². The Bertz CT molecular complexity index is 551. The standard InChI is InChI=1S/C14H18BrNO4/c1-8(2)14(13(18)19)4-5-16(7-14)12(17)11-9(3)6-10(15)20-11/h6,8H,4-5,7H2,1-3H3,(H,18,19). The van der Waals surface area contributed by atoms with Crippen molar-refractivity contribution in [3.8, 4) is 0 Å². The highest BCUT2D eigenvalue weighted by Gasteiger charge is 2.49. The fourth-order valence-corrected chi connectivity index (χ4v) is 3.20. The molecule has 1 atom stereocenters. The molecule has 2 heterocycles.